The van der Waals surface area contributed by atoms with E-state index in [9.17, 15) is 9.59 Å². The van der Waals surface area contributed by atoms with E-state index in [4.69, 9.17) is 9.84 Å². The Hall–Kier alpha value is -1.92. The molecule has 3 rings (SSSR count). The molecule has 2 aliphatic heterocycles. The van der Waals surface area contributed by atoms with Crippen LogP contribution in [-0.4, -0.2) is 72.7 Å². The molecular formula is C20H28N2O4. The van der Waals surface area contributed by atoms with Gasteiger partial charge in [0.15, 0.2) is 0 Å². The molecule has 2 saturated heterocycles. The van der Waals surface area contributed by atoms with Crippen LogP contribution >= 0.6 is 0 Å². The van der Waals surface area contributed by atoms with E-state index in [1.807, 2.05) is 17.0 Å². The summed E-state index contributed by atoms with van der Waals surface area (Å²) in [7, 11) is 0. The van der Waals surface area contributed by atoms with Gasteiger partial charge in [0, 0.05) is 38.5 Å². The minimum atomic E-state index is -0.905. The van der Waals surface area contributed by atoms with Crippen LogP contribution in [0.1, 0.15) is 47.5 Å². The highest BCUT2D eigenvalue weighted by molar-refractivity contribution is 5.87. The van der Waals surface area contributed by atoms with Gasteiger partial charge >= 0.3 is 5.97 Å². The number of hydrogen-bond donors (Lipinski definition) is 1. The van der Waals surface area contributed by atoms with Gasteiger partial charge in [-0.3, -0.25) is 9.69 Å². The van der Waals surface area contributed by atoms with Gasteiger partial charge in [0.25, 0.3) is 0 Å². The van der Waals surface area contributed by atoms with Gasteiger partial charge in [-0.05, 0) is 43.5 Å². The first kappa shape index (κ1) is 18.9. The lowest BCUT2D eigenvalue weighted by Gasteiger charge is -2.33. The number of carboxylic acids is 1. The molecule has 0 saturated carbocycles. The molecule has 0 aromatic heterocycles. The Labute approximate surface area is 154 Å². The Balaban J connectivity index is 1.47. The van der Waals surface area contributed by atoms with Gasteiger partial charge in [0.05, 0.1) is 18.8 Å². The predicted molar refractivity (Wildman–Crippen MR) is 98.4 cm³/mol. The number of carboxylic acid groups (broad SMARTS) is 1. The fraction of sp³-hybridized carbons (Fsp3) is 0.600. The molecule has 1 N–H and O–H groups in total. The maximum absolute atomic E-state index is 12.6. The van der Waals surface area contributed by atoms with Crippen LogP contribution in [0.25, 0.3) is 0 Å². The van der Waals surface area contributed by atoms with Gasteiger partial charge in [-0.25, -0.2) is 4.79 Å². The van der Waals surface area contributed by atoms with E-state index in [-0.39, 0.29) is 5.91 Å². The van der Waals surface area contributed by atoms with E-state index < -0.39 is 5.97 Å². The van der Waals surface area contributed by atoms with E-state index in [2.05, 4.69) is 4.90 Å². The summed E-state index contributed by atoms with van der Waals surface area (Å²) < 4.78 is 5.35. The summed E-state index contributed by atoms with van der Waals surface area (Å²) in [6.07, 6.45) is 3.54. The lowest BCUT2D eigenvalue weighted by Crippen LogP contribution is -2.40. The molecule has 0 aliphatic carbocycles. The monoisotopic (exact) mass is 360 g/mol. The summed E-state index contributed by atoms with van der Waals surface area (Å²) in [6.45, 7) is 6.05. The zero-order valence-electron chi connectivity index (χ0n) is 15.2. The number of ether oxygens (including phenoxy) is 1. The Kier molecular flexibility index (Phi) is 6.63. The van der Waals surface area contributed by atoms with Crippen molar-refractivity contribution in [3.63, 3.8) is 0 Å². The van der Waals surface area contributed by atoms with Crippen molar-refractivity contribution in [3.05, 3.63) is 35.4 Å². The fourth-order valence-corrected chi connectivity index (χ4v) is 3.81. The molecular weight excluding hydrogens is 332 g/mol. The Morgan fingerprint density at radius 3 is 2.54 bits per heavy atom. The number of morpholine rings is 1. The number of piperidine rings is 1. The van der Waals surface area contributed by atoms with E-state index >= 15 is 0 Å². The van der Waals surface area contributed by atoms with Crippen molar-refractivity contribution in [3.8, 4) is 0 Å². The van der Waals surface area contributed by atoms with Crippen molar-refractivity contribution in [2.24, 2.45) is 0 Å². The number of aromatic carboxylic acids is 1. The molecule has 142 valence electrons. The largest absolute Gasteiger partial charge is 0.478 e. The highest BCUT2D eigenvalue weighted by atomic mass is 16.5. The summed E-state index contributed by atoms with van der Waals surface area (Å²) in [4.78, 5) is 27.9. The molecule has 6 nitrogen and oxygen atoms in total. The first-order valence-electron chi connectivity index (χ1n) is 9.54. The van der Waals surface area contributed by atoms with Crippen molar-refractivity contribution in [1.29, 1.82) is 0 Å². The molecule has 1 atom stereocenters. The average Bonchev–Trinajstić information content (AvgIpc) is 2.69. The van der Waals surface area contributed by atoms with Crippen molar-refractivity contribution >= 4 is 11.9 Å². The number of amides is 1. The minimum Gasteiger partial charge on any atom is -0.478 e. The third kappa shape index (κ3) is 5.05. The Morgan fingerprint density at radius 1 is 1.12 bits per heavy atom. The summed E-state index contributed by atoms with van der Waals surface area (Å²) in [5, 5.41) is 9.01. The van der Waals surface area contributed by atoms with Crippen molar-refractivity contribution in [1.82, 2.24) is 9.80 Å². The summed E-state index contributed by atoms with van der Waals surface area (Å²) in [5.74, 6) is -0.364. The SMILES string of the molecule is O=C(O)c1ccc(C2CCCN(C(=O)CCCN3CCOCC3)C2)cc1. The van der Waals surface area contributed by atoms with Gasteiger partial charge in [0.2, 0.25) is 5.91 Å². The lowest BCUT2D eigenvalue weighted by atomic mass is 9.90. The number of benzene rings is 1. The second-order valence-electron chi connectivity index (χ2n) is 7.16. The summed E-state index contributed by atoms with van der Waals surface area (Å²) >= 11 is 0. The second-order valence-corrected chi connectivity index (χ2v) is 7.16. The van der Waals surface area contributed by atoms with E-state index in [0.717, 1.165) is 70.8 Å². The van der Waals surface area contributed by atoms with Crippen LogP contribution in [0.3, 0.4) is 0 Å². The van der Waals surface area contributed by atoms with E-state index in [1.54, 1.807) is 12.1 Å². The molecule has 6 heteroatoms. The molecule has 0 bridgehead atoms. The quantitative estimate of drug-likeness (QED) is 0.842. The smallest absolute Gasteiger partial charge is 0.335 e. The van der Waals surface area contributed by atoms with E-state index in [0.29, 0.717) is 17.9 Å². The van der Waals surface area contributed by atoms with Crippen LogP contribution in [0.5, 0.6) is 0 Å². The Bertz CT molecular complexity index is 611. The first-order chi connectivity index (χ1) is 12.6. The fourth-order valence-electron chi connectivity index (χ4n) is 3.81. The predicted octanol–water partition coefficient (Wildman–Crippen LogP) is 2.20. The van der Waals surface area contributed by atoms with Crippen molar-refractivity contribution < 1.29 is 19.4 Å². The van der Waals surface area contributed by atoms with E-state index in [1.165, 1.54) is 0 Å². The molecule has 1 amide bonds. The first-order valence-corrected chi connectivity index (χ1v) is 9.54. The zero-order valence-corrected chi connectivity index (χ0v) is 15.2. The molecule has 26 heavy (non-hydrogen) atoms. The number of nitrogens with zero attached hydrogens (tertiary/aromatic N) is 2. The molecule has 1 aromatic carbocycles. The molecule has 0 spiro atoms. The molecule has 2 aliphatic rings. The van der Waals surface area contributed by atoms with Crippen LogP contribution in [-0.2, 0) is 9.53 Å². The van der Waals surface area contributed by atoms with Crippen LogP contribution in [0.4, 0.5) is 0 Å². The van der Waals surface area contributed by atoms with Gasteiger partial charge in [0.1, 0.15) is 0 Å². The Morgan fingerprint density at radius 2 is 1.85 bits per heavy atom. The van der Waals surface area contributed by atoms with Crippen LogP contribution in [0.2, 0.25) is 0 Å². The van der Waals surface area contributed by atoms with Gasteiger partial charge in [-0.2, -0.15) is 0 Å². The van der Waals surface area contributed by atoms with Crippen LogP contribution in [0, 0.1) is 0 Å². The maximum Gasteiger partial charge on any atom is 0.335 e. The molecule has 2 heterocycles. The van der Waals surface area contributed by atoms with Gasteiger partial charge in [-0.15, -0.1) is 0 Å². The van der Waals surface area contributed by atoms with Crippen molar-refractivity contribution in [2.45, 2.75) is 31.6 Å². The molecule has 1 unspecified atom stereocenters. The third-order valence-corrected chi connectivity index (χ3v) is 5.37. The standard InChI is InChI=1S/C20H28N2O4/c23-19(4-2-9-21-11-13-26-14-12-21)22-10-1-3-18(15-22)16-5-7-17(8-6-16)20(24)25/h5-8,18H,1-4,9-15H2,(H,24,25). The molecule has 2 fully saturated rings. The van der Waals surface area contributed by atoms with Gasteiger partial charge < -0.3 is 14.7 Å². The topological polar surface area (TPSA) is 70.1 Å². The molecule has 0 radical (unpaired) electrons. The van der Waals surface area contributed by atoms with Crippen molar-refractivity contribution in [2.75, 3.05) is 45.9 Å². The number of carbonyl (C=O) groups excluding carboxylic acids is 1. The minimum absolute atomic E-state index is 0.241. The maximum atomic E-state index is 12.6. The number of hydrogen-bond acceptors (Lipinski definition) is 4. The highest BCUT2D eigenvalue weighted by Gasteiger charge is 2.24. The number of carbonyl (C=O) groups is 2. The third-order valence-electron chi connectivity index (χ3n) is 5.37. The van der Waals surface area contributed by atoms with Gasteiger partial charge in [-0.1, -0.05) is 12.1 Å². The summed E-state index contributed by atoms with van der Waals surface area (Å²) in [6, 6.07) is 7.09. The molecule has 1 aromatic rings. The lowest BCUT2D eigenvalue weighted by molar-refractivity contribution is -0.132. The zero-order chi connectivity index (χ0) is 18.4. The van der Waals surface area contributed by atoms with Crippen LogP contribution in [0.15, 0.2) is 24.3 Å². The number of rotatable bonds is 6. The number of likely N-dealkylation sites (tertiary alicyclic amines) is 1. The van der Waals surface area contributed by atoms with Crippen LogP contribution < -0.4 is 0 Å². The normalized spacial score (nSPS) is 21.5. The highest BCUT2D eigenvalue weighted by Crippen LogP contribution is 2.27. The summed E-state index contributed by atoms with van der Waals surface area (Å²) in [5.41, 5.74) is 1.43. The second kappa shape index (κ2) is 9.14. The average molecular weight is 360 g/mol.